The summed E-state index contributed by atoms with van der Waals surface area (Å²) in [6.07, 6.45) is 45.6. The maximum absolute atomic E-state index is 12.0. The third kappa shape index (κ3) is 39.4. The SMILES string of the molecule is CCCCCCCC/C=C\CCCCCCCCC(CC(=O)O)[N+](C)(CCO)C(CCCCCCCC/C=C\CCCCCCCC)CC(=O)O.COS(=O)(=O)[O-]. The van der Waals surface area contributed by atoms with Gasteiger partial charge in [0.25, 0.3) is 0 Å². The van der Waals surface area contributed by atoms with Crippen LogP contribution in [-0.2, 0) is 24.2 Å². The molecule has 0 saturated heterocycles. The topological polar surface area (TPSA) is 161 Å². The largest absolute Gasteiger partial charge is 0.726 e. The number of carboxylic acid groups (broad SMARTS) is 2. The van der Waals surface area contributed by atoms with Crippen molar-refractivity contribution in [1.29, 1.82) is 0 Å². The number of quaternary nitrogens is 1. The van der Waals surface area contributed by atoms with Gasteiger partial charge in [-0.25, -0.2) is 8.42 Å². The monoisotopic (exact) mass is 832 g/mol. The van der Waals surface area contributed by atoms with Crippen molar-refractivity contribution in [3.63, 3.8) is 0 Å². The van der Waals surface area contributed by atoms with Gasteiger partial charge in [-0.3, -0.25) is 13.8 Å². The minimum atomic E-state index is -4.41. The lowest BCUT2D eigenvalue weighted by molar-refractivity contribution is -0.956. The molecule has 0 aliphatic heterocycles. The van der Waals surface area contributed by atoms with E-state index in [9.17, 15) is 37.9 Å². The molecule has 57 heavy (non-hydrogen) atoms. The van der Waals surface area contributed by atoms with Gasteiger partial charge in [0, 0.05) is 12.8 Å². The van der Waals surface area contributed by atoms with Gasteiger partial charge in [-0.2, -0.15) is 0 Å². The molecule has 10 nitrogen and oxygen atoms in total. The smallest absolute Gasteiger partial charge is 0.309 e. The van der Waals surface area contributed by atoms with Gasteiger partial charge in [0.2, 0.25) is 10.4 Å². The maximum Gasteiger partial charge on any atom is 0.309 e. The number of rotatable bonds is 41. The molecule has 11 heteroatoms. The zero-order valence-electron chi connectivity index (χ0n) is 37.2. The van der Waals surface area contributed by atoms with E-state index in [2.05, 4.69) is 42.3 Å². The number of aliphatic hydroxyl groups is 1. The number of carbonyl (C=O) groups is 2. The lowest BCUT2D eigenvalue weighted by Crippen LogP contribution is -2.61. The quantitative estimate of drug-likeness (QED) is 0.0179. The molecule has 0 saturated carbocycles. The highest BCUT2D eigenvalue weighted by molar-refractivity contribution is 7.80. The second kappa shape index (κ2) is 41.0. The van der Waals surface area contributed by atoms with Crippen LogP contribution in [0.25, 0.3) is 0 Å². The zero-order valence-corrected chi connectivity index (χ0v) is 38.0. The van der Waals surface area contributed by atoms with Crippen molar-refractivity contribution in [2.45, 2.75) is 231 Å². The number of likely N-dealkylation sites (N-methyl/N-ethyl adjacent to an activating group) is 1. The highest BCUT2D eigenvalue weighted by Crippen LogP contribution is 2.29. The molecule has 0 aromatic carbocycles. The van der Waals surface area contributed by atoms with Gasteiger partial charge >= 0.3 is 11.9 Å². The van der Waals surface area contributed by atoms with E-state index in [1.165, 1.54) is 128 Å². The predicted molar refractivity (Wildman–Crippen MR) is 235 cm³/mol. The van der Waals surface area contributed by atoms with E-state index in [1.54, 1.807) is 0 Å². The van der Waals surface area contributed by atoms with E-state index in [0.29, 0.717) is 11.0 Å². The van der Waals surface area contributed by atoms with Gasteiger partial charge in [-0.15, -0.1) is 0 Å². The molecule has 0 aromatic rings. The van der Waals surface area contributed by atoms with Crippen LogP contribution in [0.3, 0.4) is 0 Å². The predicted octanol–water partition coefficient (Wildman–Crippen LogP) is 12.1. The van der Waals surface area contributed by atoms with Gasteiger partial charge < -0.3 is 24.4 Å². The summed E-state index contributed by atoms with van der Waals surface area (Å²) in [7, 11) is -1.59. The Morgan fingerprint density at radius 1 is 0.561 bits per heavy atom. The van der Waals surface area contributed by atoms with Crippen molar-refractivity contribution in [3.8, 4) is 0 Å². The Kier molecular flexibility index (Phi) is 41.2. The highest BCUT2D eigenvalue weighted by atomic mass is 32.3. The Morgan fingerprint density at radius 3 is 1.07 bits per heavy atom. The molecule has 0 fully saturated rings. The van der Waals surface area contributed by atoms with E-state index in [4.69, 9.17) is 0 Å². The van der Waals surface area contributed by atoms with Gasteiger partial charge in [-0.05, 0) is 64.2 Å². The molecule has 0 aromatic heterocycles. The summed E-state index contributed by atoms with van der Waals surface area (Å²) in [5.74, 6) is -1.67. The molecule has 338 valence electrons. The van der Waals surface area contributed by atoms with E-state index >= 15 is 0 Å². The van der Waals surface area contributed by atoms with Crippen LogP contribution in [-0.4, -0.2) is 84.1 Å². The molecule has 0 radical (unpaired) electrons. The first-order chi connectivity index (χ1) is 27.4. The average molecular weight is 832 g/mol. The summed E-state index contributed by atoms with van der Waals surface area (Å²) < 4.78 is 31.4. The van der Waals surface area contributed by atoms with Crippen LogP contribution < -0.4 is 0 Å². The van der Waals surface area contributed by atoms with Gasteiger partial charge in [0.1, 0.15) is 6.54 Å². The van der Waals surface area contributed by atoms with Crippen LogP contribution in [0.1, 0.15) is 219 Å². The number of aliphatic carboxylic acids is 2. The van der Waals surface area contributed by atoms with Crippen LogP contribution in [0.5, 0.6) is 0 Å². The number of hydrogen-bond acceptors (Lipinski definition) is 7. The Hall–Kier alpha value is -1.79. The Balaban J connectivity index is 0. The molecule has 2 unspecified atom stereocenters. The number of hydrogen-bond donors (Lipinski definition) is 3. The first-order valence-corrected chi connectivity index (χ1v) is 24.4. The second-order valence-corrected chi connectivity index (χ2v) is 17.5. The molecule has 0 spiro atoms. The fraction of sp³-hybridized carbons (Fsp3) is 0.870. The van der Waals surface area contributed by atoms with Crippen LogP contribution in [0, 0.1) is 0 Å². The van der Waals surface area contributed by atoms with Crippen LogP contribution in [0.4, 0.5) is 0 Å². The Morgan fingerprint density at radius 2 is 0.825 bits per heavy atom. The van der Waals surface area contributed by atoms with E-state index in [-0.39, 0.29) is 31.5 Å². The summed E-state index contributed by atoms with van der Waals surface area (Å²) in [4.78, 5) is 24.0. The minimum absolute atomic E-state index is 0.0189. The molecule has 0 rings (SSSR count). The molecule has 0 aliphatic carbocycles. The Labute approximate surface area is 350 Å². The normalized spacial score (nSPS) is 14.1. The first-order valence-electron chi connectivity index (χ1n) is 23.1. The van der Waals surface area contributed by atoms with Crippen LogP contribution in [0.15, 0.2) is 24.3 Å². The van der Waals surface area contributed by atoms with Crippen LogP contribution >= 0.6 is 0 Å². The number of carboxylic acids is 2. The molecular formula is C46H89NO9S. The van der Waals surface area contributed by atoms with Crippen LogP contribution in [0.2, 0.25) is 0 Å². The number of aliphatic hydroxyl groups excluding tert-OH is 1. The lowest BCUT2D eigenvalue weighted by atomic mass is 9.93. The van der Waals surface area contributed by atoms with Gasteiger partial charge in [0.05, 0.1) is 45.7 Å². The molecule has 0 amide bonds. The third-order valence-corrected chi connectivity index (χ3v) is 11.8. The summed E-state index contributed by atoms with van der Waals surface area (Å²) in [6, 6.07) is -0.380. The molecule has 0 aliphatic rings. The fourth-order valence-electron chi connectivity index (χ4n) is 7.75. The van der Waals surface area contributed by atoms with E-state index < -0.39 is 22.3 Å². The van der Waals surface area contributed by atoms with Crippen molar-refractivity contribution < 1.29 is 46.5 Å². The zero-order chi connectivity index (χ0) is 42.9. The number of allylic oxidation sites excluding steroid dienone is 4. The van der Waals surface area contributed by atoms with Crippen molar-refractivity contribution in [2.24, 2.45) is 0 Å². The standard InChI is InChI=1S/C45H85NO5.CH4O4S/c1-4-6-8-10-12-14-16-18-20-22-24-26-28-30-32-34-36-42(40-44(48)49)46(3,38-39-47)43(41-45(50)51)37-35-33-31-29-27-25-23-21-19-17-15-13-11-9-7-5-2;1-5-6(2,3)4/h18-21,42-43,47H,4-17,22-41H2,1-3H3,(H-,48,49,50,51);1H3,(H,2,3,4)/b20-18-,21-19-;. The molecular weight excluding hydrogens is 743 g/mol. The van der Waals surface area contributed by atoms with Crippen molar-refractivity contribution in [2.75, 3.05) is 27.3 Å². The number of unbranched alkanes of at least 4 members (excludes halogenated alkanes) is 24. The minimum Gasteiger partial charge on any atom is -0.726 e. The first kappa shape index (κ1) is 57.3. The van der Waals surface area contributed by atoms with Crippen molar-refractivity contribution in [1.82, 2.24) is 0 Å². The lowest BCUT2D eigenvalue weighted by Gasteiger charge is -2.47. The molecule has 0 bridgehead atoms. The third-order valence-electron chi connectivity index (χ3n) is 11.4. The maximum atomic E-state index is 12.0. The molecule has 0 heterocycles. The highest BCUT2D eigenvalue weighted by Gasteiger charge is 2.41. The van der Waals surface area contributed by atoms with Crippen molar-refractivity contribution >= 4 is 22.3 Å². The van der Waals surface area contributed by atoms with E-state index in [0.717, 1.165) is 71.3 Å². The van der Waals surface area contributed by atoms with Gasteiger partial charge in [0.15, 0.2) is 0 Å². The average Bonchev–Trinajstić information content (AvgIpc) is 3.16. The number of nitrogens with zero attached hydrogens (tertiary/aromatic N) is 1. The van der Waals surface area contributed by atoms with Crippen molar-refractivity contribution in [3.05, 3.63) is 24.3 Å². The Bertz CT molecular complexity index is 1020. The summed E-state index contributed by atoms with van der Waals surface area (Å²) in [5, 5.41) is 29.8. The summed E-state index contributed by atoms with van der Waals surface area (Å²) >= 11 is 0. The van der Waals surface area contributed by atoms with E-state index in [1.807, 2.05) is 7.05 Å². The summed E-state index contributed by atoms with van der Waals surface area (Å²) in [6.45, 7) is 4.86. The fourth-order valence-corrected chi connectivity index (χ4v) is 7.75. The van der Waals surface area contributed by atoms with Gasteiger partial charge in [-0.1, -0.05) is 154 Å². The second-order valence-electron chi connectivity index (χ2n) is 16.3. The summed E-state index contributed by atoms with van der Waals surface area (Å²) in [5.41, 5.74) is 0. The molecule has 3 N–H and O–H groups in total. The molecule has 2 atom stereocenters.